The van der Waals surface area contributed by atoms with Gasteiger partial charge in [-0.05, 0) is 33.6 Å². The zero-order valence-electron chi connectivity index (χ0n) is 9.56. The minimum atomic E-state index is -3.08. The molecule has 0 aromatic carbocycles. The Morgan fingerprint density at radius 2 is 1.80 bits per heavy atom. The minimum absolute atomic E-state index is 0.0227. The zero-order chi connectivity index (χ0) is 12.1. The topological polar surface area (TPSA) is 71.4 Å². The van der Waals surface area contributed by atoms with Crippen LogP contribution in [0.3, 0.4) is 0 Å². The molecule has 1 unspecified atom stereocenters. The lowest BCUT2D eigenvalue weighted by Gasteiger charge is -2.13. The van der Waals surface area contributed by atoms with E-state index in [2.05, 4.69) is 0 Å². The quantitative estimate of drug-likeness (QED) is 0.709. The van der Waals surface area contributed by atoms with E-state index in [0.29, 0.717) is 12.8 Å². The van der Waals surface area contributed by atoms with Crippen LogP contribution in [0.2, 0.25) is 0 Å². The van der Waals surface area contributed by atoms with Crippen molar-refractivity contribution in [3.8, 4) is 0 Å². The van der Waals surface area contributed by atoms with E-state index < -0.39 is 15.1 Å². The summed E-state index contributed by atoms with van der Waals surface area (Å²) in [7, 11) is -3.08. The number of carbonyl (C=O) groups excluding carboxylic acids is 1. The lowest BCUT2D eigenvalue weighted by atomic mass is 9.99. The Morgan fingerprint density at radius 1 is 1.27 bits per heavy atom. The van der Waals surface area contributed by atoms with Crippen molar-refractivity contribution in [2.24, 2.45) is 5.92 Å². The van der Waals surface area contributed by atoms with E-state index in [0.717, 1.165) is 0 Å². The number of aliphatic hydroxyl groups is 1. The number of carbonyl (C=O) groups is 1. The molecule has 90 valence electrons. The van der Waals surface area contributed by atoms with E-state index in [1.165, 1.54) is 6.92 Å². The summed E-state index contributed by atoms with van der Waals surface area (Å²) in [6.45, 7) is 4.61. The van der Waals surface area contributed by atoms with Gasteiger partial charge in [0.15, 0.2) is 9.84 Å². The van der Waals surface area contributed by atoms with Gasteiger partial charge in [0, 0.05) is 12.5 Å². The number of hydrogen-bond donors (Lipinski definition) is 1. The van der Waals surface area contributed by atoms with Crippen LogP contribution >= 0.6 is 0 Å². The molecule has 0 rings (SSSR count). The van der Waals surface area contributed by atoms with Gasteiger partial charge < -0.3 is 5.11 Å². The van der Waals surface area contributed by atoms with Gasteiger partial charge in [0.2, 0.25) is 0 Å². The maximum atomic E-state index is 11.5. The van der Waals surface area contributed by atoms with Gasteiger partial charge >= 0.3 is 0 Å². The summed E-state index contributed by atoms with van der Waals surface area (Å²) in [6.07, 6.45) is 0.666. The monoisotopic (exact) mass is 236 g/mol. The van der Waals surface area contributed by atoms with Crippen LogP contribution in [-0.2, 0) is 14.6 Å². The van der Waals surface area contributed by atoms with E-state index >= 15 is 0 Å². The van der Waals surface area contributed by atoms with Crippen molar-refractivity contribution in [3.05, 3.63) is 0 Å². The summed E-state index contributed by atoms with van der Waals surface area (Å²) in [5.74, 6) is -0.360. The van der Waals surface area contributed by atoms with Crippen molar-refractivity contribution in [2.75, 3.05) is 12.4 Å². The number of sulfone groups is 1. The molecule has 0 aromatic heterocycles. The van der Waals surface area contributed by atoms with E-state index in [1.54, 1.807) is 13.8 Å². The molecule has 15 heavy (non-hydrogen) atoms. The van der Waals surface area contributed by atoms with Crippen LogP contribution in [0, 0.1) is 5.92 Å². The Kier molecular flexibility index (Phi) is 6.05. The van der Waals surface area contributed by atoms with Gasteiger partial charge in [-0.1, -0.05) is 0 Å². The average Bonchev–Trinajstić information content (AvgIpc) is 2.11. The maximum Gasteiger partial charge on any atom is 0.152 e. The van der Waals surface area contributed by atoms with Crippen LogP contribution in [0.5, 0.6) is 0 Å². The molecule has 0 aliphatic rings. The van der Waals surface area contributed by atoms with E-state index in [-0.39, 0.29) is 24.1 Å². The van der Waals surface area contributed by atoms with E-state index in [1.807, 2.05) is 0 Å². The molecule has 1 N–H and O–H groups in total. The second-order valence-corrected chi connectivity index (χ2v) is 6.70. The Morgan fingerprint density at radius 3 is 2.13 bits per heavy atom. The third kappa shape index (κ3) is 5.28. The Hall–Kier alpha value is -0.420. The lowest BCUT2D eigenvalue weighted by molar-refractivity contribution is -0.121. The molecule has 0 bridgehead atoms. The second kappa shape index (κ2) is 6.23. The minimum Gasteiger partial charge on any atom is -0.396 e. The third-order valence-corrected chi connectivity index (χ3v) is 4.76. The summed E-state index contributed by atoms with van der Waals surface area (Å²) in [6, 6.07) is 0. The van der Waals surface area contributed by atoms with E-state index in [9.17, 15) is 13.2 Å². The first kappa shape index (κ1) is 14.6. The first-order chi connectivity index (χ1) is 6.81. The lowest BCUT2D eigenvalue weighted by Crippen LogP contribution is -2.22. The third-order valence-electron chi connectivity index (χ3n) is 2.52. The van der Waals surface area contributed by atoms with Crippen LogP contribution in [0.15, 0.2) is 0 Å². The van der Waals surface area contributed by atoms with Crippen molar-refractivity contribution in [3.63, 3.8) is 0 Å². The van der Waals surface area contributed by atoms with Gasteiger partial charge in [0.05, 0.1) is 11.0 Å². The summed E-state index contributed by atoms with van der Waals surface area (Å²) in [4.78, 5) is 11.1. The fraction of sp³-hybridized carbons (Fsp3) is 0.900. The fourth-order valence-electron chi connectivity index (χ4n) is 1.25. The van der Waals surface area contributed by atoms with Gasteiger partial charge in [-0.3, -0.25) is 4.79 Å². The molecule has 0 aliphatic heterocycles. The van der Waals surface area contributed by atoms with Crippen molar-refractivity contribution in [1.29, 1.82) is 0 Å². The predicted octanol–water partition coefficient (Wildman–Crippen LogP) is 0.787. The maximum absolute atomic E-state index is 11.5. The molecule has 0 amide bonds. The molecule has 4 nitrogen and oxygen atoms in total. The molecule has 0 heterocycles. The summed E-state index contributed by atoms with van der Waals surface area (Å²) in [5.41, 5.74) is 0. The molecule has 0 aliphatic carbocycles. The second-order valence-electron chi connectivity index (χ2n) is 4.02. The van der Waals surface area contributed by atoms with E-state index in [4.69, 9.17) is 5.11 Å². The Bertz CT molecular complexity index is 293. The number of hydrogen-bond acceptors (Lipinski definition) is 4. The summed E-state index contributed by atoms with van der Waals surface area (Å²) < 4.78 is 23.0. The first-order valence-electron chi connectivity index (χ1n) is 5.14. The first-order valence-corrected chi connectivity index (χ1v) is 6.85. The van der Waals surface area contributed by atoms with Gasteiger partial charge in [0.25, 0.3) is 0 Å². The highest BCUT2D eigenvalue weighted by Crippen LogP contribution is 2.13. The molecule has 0 aromatic rings. The molecule has 0 saturated carbocycles. The summed E-state index contributed by atoms with van der Waals surface area (Å²) >= 11 is 0. The smallest absolute Gasteiger partial charge is 0.152 e. The highest BCUT2D eigenvalue weighted by Gasteiger charge is 2.20. The van der Waals surface area contributed by atoms with Crippen molar-refractivity contribution >= 4 is 15.6 Å². The molecule has 0 radical (unpaired) electrons. The van der Waals surface area contributed by atoms with Crippen LogP contribution in [0.25, 0.3) is 0 Å². The van der Waals surface area contributed by atoms with Crippen molar-refractivity contribution in [2.45, 2.75) is 38.9 Å². The Balaban J connectivity index is 4.28. The largest absolute Gasteiger partial charge is 0.396 e. The van der Waals surface area contributed by atoms with Crippen LogP contribution in [0.1, 0.15) is 33.6 Å². The Labute approximate surface area is 91.6 Å². The number of ketones is 1. The highest BCUT2D eigenvalue weighted by molar-refractivity contribution is 7.91. The van der Waals surface area contributed by atoms with Crippen LogP contribution in [-0.4, -0.2) is 36.9 Å². The van der Waals surface area contributed by atoms with Gasteiger partial charge in [-0.25, -0.2) is 8.42 Å². The molecular weight excluding hydrogens is 216 g/mol. The number of aliphatic hydroxyl groups excluding tert-OH is 1. The van der Waals surface area contributed by atoms with Gasteiger partial charge in [0.1, 0.15) is 5.78 Å². The molecule has 0 saturated heterocycles. The molecule has 0 spiro atoms. The standard InChI is InChI=1S/C10H20O4S/c1-8(2)15(13,14)7-5-10(4-6-11)9(3)12/h8,10-11H,4-7H2,1-3H3. The van der Waals surface area contributed by atoms with Crippen LogP contribution in [0.4, 0.5) is 0 Å². The van der Waals surface area contributed by atoms with Gasteiger partial charge in [-0.2, -0.15) is 0 Å². The van der Waals surface area contributed by atoms with Crippen LogP contribution < -0.4 is 0 Å². The normalized spacial score (nSPS) is 14.2. The van der Waals surface area contributed by atoms with Crippen molar-refractivity contribution in [1.82, 2.24) is 0 Å². The molecule has 0 fully saturated rings. The summed E-state index contributed by atoms with van der Waals surface area (Å²) in [5, 5.41) is 8.32. The zero-order valence-corrected chi connectivity index (χ0v) is 10.4. The van der Waals surface area contributed by atoms with Crippen molar-refractivity contribution < 1.29 is 18.3 Å². The number of rotatable bonds is 7. The fourth-order valence-corrected chi connectivity index (χ4v) is 2.33. The highest BCUT2D eigenvalue weighted by atomic mass is 32.2. The molecule has 1 atom stereocenters. The van der Waals surface area contributed by atoms with Gasteiger partial charge in [-0.15, -0.1) is 0 Å². The average molecular weight is 236 g/mol. The SMILES string of the molecule is CC(=O)C(CCO)CCS(=O)(=O)C(C)C. The molecule has 5 heteroatoms. The molecular formula is C10H20O4S. The predicted molar refractivity (Wildman–Crippen MR) is 59.4 cm³/mol. The number of Topliss-reactive ketones (excluding diaryl/α,β-unsaturated/α-hetero) is 1.